The van der Waals surface area contributed by atoms with Gasteiger partial charge in [0.2, 0.25) is 5.76 Å². The number of furan rings is 1. The number of nitrogens with one attached hydrogen (secondary N) is 1. The lowest BCUT2D eigenvalue weighted by molar-refractivity contribution is 0.0660. The first-order valence-electron chi connectivity index (χ1n) is 5.94. The maximum atomic E-state index is 10.7. The minimum Gasteiger partial charge on any atom is -0.475 e. The lowest BCUT2D eigenvalue weighted by Gasteiger charge is -2.07. The number of nitrogens with zero attached hydrogens (tertiary/aromatic N) is 2. The number of aromatic nitrogens is 2. The number of carboxylic acids is 1. The first-order valence-corrected chi connectivity index (χ1v) is 5.94. The van der Waals surface area contributed by atoms with E-state index in [9.17, 15) is 4.79 Å². The number of carbonyl (C=O) groups is 1. The summed E-state index contributed by atoms with van der Waals surface area (Å²) in [7, 11) is 0. The van der Waals surface area contributed by atoms with Gasteiger partial charge in [0.05, 0.1) is 6.54 Å². The van der Waals surface area contributed by atoms with E-state index in [4.69, 9.17) is 9.52 Å². The number of rotatable bonds is 5. The van der Waals surface area contributed by atoms with Gasteiger partial charge in [-0.25, -0.2) is 14.8 Å². The van der Waals surface area contributed by atoms with Crippen molar-refractivity contribution in [2.75, 3.05) is 5.32 Å². The molecule has 0 bridgehead atoms. The molecule has 0 fully saturated rings. The van der Waals surface area contributed by atoms with Crippen molar-refractivity contribution in [3.8, 4) is 0 Å². The average Bonchev–Trinajstić information content (AvgIpc) is 2.85. The fraction of sp³-hybridized carbons (Fsp3) is 0.308. The predicted molar refractivity (Wildman–Crippen MR) is 69.1 cm³/mol. The zero-order valence-corrected chi connectivity index (χ0v) is 10.8. The first kappa shape index (κ1) is 13.1. The van der Waals surface area contributed by atoms with Crippen LogP contribution in [0.5, 0.6) is 0 Å². The third-order valence-electron chi connectivity index (χ3n) is 2.60. The Morgan fingerprint density at radius 3 is 2.84 bits per heavy atom. The molecule has 2 aromatic rings. The molecule has 0 radical (unpaired) electrons. The third kappa shape index (κ3) is 3.31. The van der Waals surface area contributed by atoms with Gasteiger partial charge in [0.25, 0.3) is 0 Å². The first-order chi connectivity index (χ1) is 9.06. The van der Waals surface area contributed by atoms with Crippen LogP contribution in [-0.2, 0) is 6.54 Å². The number of aromatic carboxylic acids is 1. The zero-order chi connectivity index (χ0) is 13.8. The molecule has 100 valence electrons. The van der Waals surface area contributed by atoms with Gasteiger partial charge < -0.3 is 14.8 Å². The van der Waals surface area contributed by atoms with E-state index in [1.807, 2.05) is 6.07 Å². The van der Waals surface area contributed by atoms with Gasteiger partial charge in [-0.05, 0) is 18.1 Å². The van der Waals surface area contributed by atoms with Crippen LogP contribution in [0.2, 0.25) is 0 Å². The molecule has 0 aliphatic rings. The largest absolute Gasteiger partial charge is 0.475 e. The Bertz CT molecular complexity index is 578. The van der Waals surface area contributed by atoms with Gasteiger partial charge in [0.15, 0.2) is 0 Å². The highest BCUT2D eigenvalue weighted by molar-refractivity contribution is 5.84. The van der Waals surface area contributed by atoms with Crippen molar-refractivity contribution < 1.29 is 14.3 Å². The molecule has 6 heteroatoms. The van der Waals surface area contributed by atoms with Gasteiger partial charge in [-0.1, -0.05) is 13.8 Å². The summed E-state index contributed by atoms with van der Waals surface area (Å²) in [6, 6.07) is 4.92. The lowest BCUT2D eigenvalue weighted by atomic mass is 10.1. The van der Waals surface area contributed by atoms with E-state index in [1.54, 1.807) is 6.07 Å². The second-order valence-corrected chi connectivity index (χ2v) is 4.41. The van der Waals surface area contributed by atoms with E-state index >= 15 is 0 Å². The topological polar surface area (TPSA) is 88.2 Å². The molecule has 0 aromatic carbocycles. The van der Waals surface area contributed by atoms with Gasteiger partial charge in [0.1, 0.15) is 17.9 Å². The monoisotopic (exact) mass is 261 g/mol. The fourth-order valence-electron chi connectivity index (χ4n) is 1.55. The van der Waals surface area contributed by atoms with E-state index in [0.717, 1.165) is 5.69 Å². The molecule has 2 aromatic heterocycles. The Morgan fingerprint density at radius 1 is 1.42 bits per heavy atom. The van der Waals surface area contributed by atoms with Crippen LogP contribution < -0.4 is 5.32 Å². The van der Waals surface area contributed by atoms with Crippen LogP contribution in [0.4, 0.5) is 5.82 Å². The quantitative estimate of drug-likeness (QED) is 0.859. The van der Waals surface area contributed by atoms with E-state index in [-0.39, 0.29) is 5.76 Å². The number of hydrogen-bond acceptors (Lipinski definition) is 5. The summed E-state index contributed by atoms with van der Waals surface area (Å²) < 4.78 is 5.14. The third-order valence-corrected chi connectivity index (χ3v) is 2.60. The van der Waals surface area contributed by atoms with Crippen LogP contribution in [0.1, 0.15) is 41.8 Å². The predicted octanol–water partition coefficient (Wildman–Crippen LogP) is 2.50. The Kier molecular flexibility index (Phi) is 3.79. The fourth-order valence-corrected chi connectivity index (χ4v) is 1.55. The van der Waals surface area contributed by atoms with Crippen molar-refractivity contribution in [3.63, 3.8) is 0 Å². The Labute approximate surface area is 110 Å². The normalized spacial score (nSPS) is 10.7. The molecular weight excluding hydrogens is 246 g/mol. The zero-order valence-electron chi connectivity index (χ0n) is 10.8. The molecule has 2 heterocycles. The lowest BCUT2D eigenvalue weighted by Crippen LogP contribution is -2.03. The Balaban J connectivity index is 2.01. The van der Waals surface area contributed by atoms with Crippen molar-refractivity contribution in [2.45, 2.75) is 26.3 Å². The summed E-state index contributed by atoms with van der Waals surface area (Å²) in [6.07, 6.45) is 1.50. The van der Waals surface area contributed by atoms with Gasteiger partial charge in [-0.3, -0.25) is 0 Å². The summed E-state index contributed by atoms with van der Waals surface area (Å²) >= 11 is 0. The summed E-state index contributed by atoms with van der Waals surface area (Å²) in [6.45, 7) is 4.48. The highest BCUT2D eigenvalue weighted by Gasteiger charge is 2.09. The average molecular weight is 261 g/mol. The molecular formula is C13H15N3O3. The van der Waals surface area contributed by atoms with E-state index in [1.165, 1.54) is 12.4 Å². The van der Waals surface area contributed by atoms with Crippen molar-refractivity contribution in [3.05, 3.63) is 41.7 Å². The molecule has 0 spiro atoms. The molecule has 2 N–H and O–H groups in total. The molecule has 2 rings (SSSR count). The van der Waals surface area contributed by atoms with Gasteiger partial charge in [0, 0.05) is 11.8 Å². The molecule has 0 saturated carbocycles. The van der Waals surface area contributed by atoms with E-state index in [0.29, 0.717) is 24.0 Å². The van der Waals surface area contributed by atoms with Crippen LogP contribution in [0, 0.1) is 0 Å². The van der Waals surface area contributed by atoms with Gasteiger partial charge >= 0.3 is 5.97 Å². The SMILES string of the molecule is CC(C)c1cc(NCc2ccc(C(=O)O)o2)ncn1. The summed E-state index contributed by atoms with van der Waals surface area (Å²) in [4.78, 5) is 18.9. The second-order valence-electron chi connectivity index (χ2n) is 4.41. The molecule has 0 unspecified atom stereocenters. The molecule has 0 atom stereocenters. The van der Waals surface area contributed by atoms with Crippen molar-refractivity contribution in [1.82, 2.24) is 9.97 Å². The summed E-state index contributed by atoms with van der Waals surface area (Å²) in [5.41, 5.74) is 0.947. The summed E-state index contributed by atoms with van der Waals surface area (Å²) in [5.74, 6) is 0.414. The summed E-state index contributed by atoms with van der Waals surface area (Å²) in [5, 5.41) is 11.8. The Hall–Kier alpha value is -2.37. The van der Waals surface area contributed by atoms with Gasteiger partial charge in [-0.2, -0.15) is 0 Å². The maximum Gasteiger partial charge on any atom is 0.371 e. The number of carboxylic acid groups (broad SMARTS) is 1. The van der Waals surface area contributed by atoms with E-state index < -0.39 is 5.97 Å². The number of hydrogen-bond donors (Lipinski definition) is 2. The molecule has 0 saturated heterocycles. The highest BCUT2D eigenvalue weighted by Crippen LogP contribution is 2.15. The molecule has 0 amide bonds. The highest BCUT2D eigenvalue weighted by atomic mass is 16.4. The van der Waals surface area contributed by atoms with Crippen LogP contribution in [0.3, 0.4) is 0 Å². The van der Waals surface area contributed by atoms with Crippen LogP contribution >= 0.6 is 0 Å². The van der Waals surface area contributed by atoms with Crippen LogP contribution in [-0.4, -0.2) is 21.0 Å². The van der Waals surface area contributed by atoms with Crippen LogP contribution in [0.15, 0.2) is 28.9 Å². The van der Waals surface area contributed by atoms with Crippen molar-refractivity contribution in [1.29, 1.82) is 0 Å². The van der Waals surface area contributed by atoms with Crippen molar-refractivity contribution >= 4 is 11.8 Å². The van der Waals surface area contributed by atoms with E-state index in [2.05, 4.69) is 29.1 Å². The minimum atomic E-state index is -1.07. The van der Waals surface area contributed by atoms with Crippen LogP contribution in [0.25, 0.3) is 0 Å². The smallest absolute Gasteiger partial charge is 0.371 e. The molecule has 6 nitrogen and oxygen atoms in total. The number of anilines is 1. The minimum absolute atomic E-state index is 0.0673. The molecule has 0 aliphatic carbocycles. The second kappa shape index (κ2) is 5.51. The molecule has 19 heavy (non-hydrogen) atoms. The maximum absolute atomic E-state index is 10.7. The standard InChI is InChI=1S/C13H15N3O3/c1-8(2)10-5-12(16-7-15-10)14-6-9-3-4-11(19-9)13(17)18/h3-5,7-8H,6H2,1-2H3,(H,17,18)(H,14,15,16). The molecule has 0 aliphatic heterocycles. The Morgan fingerprint density at radius 2 is 2.21 bits per heavy atom. The van der Waals surface area contributed by atoms with Gasteiger partial charge in [-0.15, -0.1) is 0 Å². The van der Waals surface area contributed by atoms with Crippen molar-refractivity contribution in [2.24, 2.45) is 0 Å².